The number of esters is 2. The molecule has 0 aromatic rings. The number of amides is 1. The van der Waals surface area contributed by atoms with Crippen LogP contribution < -0.4 is 0 Å². The largest absolute Gasteiger partial charge is 0.458 e. The first kappa shape index (κ1) is 49.6. The molecule has 4 aliphatic rings. The van der Waals surface area contributed by atoms with E-state index >= 15 is 0 Å². The quantitative estimate of drug-likeness (QED) is 0.188. The molecule has 15 heteroatoms. The number of rotatable bonds is 7. The van der Waals surface area contributed by atoms with E-state index in [1.807, 2.05) is 19.9 Å². The maximum Gasteiger partial charge on any atom is 0.329 e. The van der Waals surface area contributed by atoms with Crippen molar-refractivity contribution in [2.45, 2.75) is 173 Å². The van der Waals surface area contributed by atoms with E-state index in [-0.39, 0.29) is 50.0 Å². The van der Waals surface area contributed by atoms with Gasteiger partial charge in [0, 0.05) is 59.0 Å². The molecule has 3 aliphatic heterocycles. The van der Waals surface area contributed by atoms with Gasteiger partial charge in [-0.2, -0.15) is 0 Å². The minimum absolute atomic E-state index is 0.0406. The molecule has 15 nitrogen and oxygen atoms in total. The van der Waals surface area contributed by atoms with Gasteiger partial charge in [0.15, 0.2) is 0 Å². The van der Waals surface area contributed by atoms with Gasteiger partial charge in [-0.3, -0.25) is 19.2 Å². The maximum absolute atomic E-state index is 14.3. The number of Topliss-reactive ketones (excluding diaryl/α,β-unsaturated/α-hetero) is 2. The summed E-state index contributed by atoms with van der Waals surface area (Å²) in [5.41, 5.74) is 1.22. The Hall–Kier alpha value is -3.05. The molecule has 0 spiro atoms. The summed E-state index contributed by atoms with van der Waals surface area (Å²) in [5, 5.41) is 34.3. The molecule has 1 aliphatic carbocycles. The van der Waals surface area contributed by atoms with E-state index in [1.165, 1.54) is 21.1 Å². The van der Waals surface area contributed by atoms with Crippen LogP contribution in [0, 0.1) is 29.6 Å². The molecular formula is C45H71NO14. The number of piperidine rings is 1. The number of methoxy groups -OCH3 is 3. The van der Waals surface area contributed by atoms with Crippen LogP contribution in [-0.4, -0.2) is 138 Å². The molecule has 0 aromatic heterocycles. The lowest BCUT2D eigenvalue weighted by Gasteiger charge is -2.47. The minimum atomic E-state index is -2.60. The molecule has 3 heterocycles. The smallest absolute Gasteiger partial charge is 0.329 e. The summed E-state index contributed by atoms with van der Waals surface area (Å²) in [5.74, 6) is -9.32. The summed E-state index contributed by atoms with van der Waals surface area (Å²) in [6, 6.07) is -1.18. The molecule has 4 rings (SSSR count). The molecule has 0 aromatic carbocycles. The SMILES string of the molecule is CCC1C=C(C)C(OC(C)=O)C(C)CC(OC)C2OC(O)(C(=O)C(=O)N3CCCCC3C(=O)OC(C(C)=CC3CCC(O)C(OC)C3)C(C)C(O)CC1=O)C(C)CC2OC. The van der Waals surface area contributed by atoms with Crippen LogP contribution in [0.4, 0.5) is 0 Å². The first-order valence-electron chi connectivity index (χ1n) is 21.8. The molecule has 2 saturated heterocycles. The number of hydrogen-bond donors (Lipinski definition) is 3. The molecule has 0 radical (unpaired) electrons. The van der Waals surface area contributed by atoms with Gasteiger partial charge >= 0.3 is 11.9 Å². The van der Waals surface area contributed by atoms with E-state index in [9.17, 15) is 39.3 Å². The van der Waals surface area contributed by atoms with Crippen molar-refractivity contribution >= 4 is 29.4 Å². The van der Waals surface area contributed by atoms with Crippen LogP contribution >= 0.6 is 0 Å². The van der Waals surface area contributed by atoms with Crippen LogP contribution in [0.1, 0.15) is 113 Å². The van der Waals surface area contributed by atoms with Gasteiger partial charge in [-0.25, -0.2) is 4.79 Å². The molecule has 1 amide bonds. The maximum atomic E-state index is 14.3. The first-order valence-corrected chi connectivity index (χ1v) is 21.8. The normalized spacial score (nSPS) is 39.9. The summed E-state index contributed by atoms with van der Waals surface area (Å²) < 4.78 is 35.6. The third kappa shape index (κ3) is 11.5. The molecule has 15 atom stereocenters. The highest BCUT2D eigenvalue weighted by molar-refractivity contribution is 6.39. The Kier molecular flexibility index (Phi) is 18.1. The van der Waals surface area contributed by atoms with Gasteiger partial charge in [-0.1, -0.05) is 39.8 Å². The Morgan fingerprint density at radius 2 is 1.57 bits per heavy atom. The molecular weight excluding hydrogens is 778 g/mol. The predicted octanol–water partition coefficient (Wildman–Crippen LogP) is 4.01. The number of allylic oxidation sites excluding steroid dienone is 2. The van der Waals surface area contributed by atoms with E-state index in [0.29, 0.717) is 49.7 Å². The van der Waals surface area contributed by atoms with E-state index in [2.05, 4.69) is 0 Å². The zero-order valence-electron chi connectivity index (χ0n) is 37.3. The number of fused-ring (bicyclic) bond motifs is 3. The molecule has 15 unspecified atom stereocenters. The van der Waals surface area contributed by atoms with E-state index in [4.69, 9.17) is 28.4 Å². The van der Waals surface area contributed by atoms with Crippen LogP contribution in [0.25, 0.3) is 0 Å². The van der Waals surface area contributed by atoms with Gasteiger partial charge in [0.25, 0.3) is 11.7 Å². The number of carbonyl (C=O) groups excluding carboxylic acids is 5. The number of ether oxygens (including phenoxy) is 6. The average molecular weight is 850 g/mol. The lowest BCUT2D eigenvalue weighted by Crippen LogP contribution is -2.64. The molecule has 1 saturated carbocycles. The third-order valence-electron chi connectivity index (χ3n) is 13.4. The van der Waals surface area contributed by atoms with Crippen molar-refractivity contribution < 1.29 is 67.7 Å². The molecule has 2 bridgehead atoms. The van der Waals surface area contributed by atoms with Crippen molar-refractivity contribution in [1.82, 2.24) is 4.90 Å². The van der Waals surface area contributed by atoms with E-state index < -0.39 is 102 Å². The summed E-state index contributed by atoms with van der Waals surface area (Å²) in [7, 11) is 4.47. The number of aliphatic hydroxyl groups is 3. The van der Waals surface area contributed by atoms with Crippen LogP contribution in [-0.2, 0) is 52.4 Å². The number of aliphatic hydroxyl groups excluding tert-OH is 2. The second-order valence-electron chi connectivity index (χ2n) is 17.8. The average Bonchev–Trinajstić information content (AvgIpc) is 3.22. The summed E-state index contributed by atoms with van der Waals surface area (Å²) in [4.78, 5) is 70.6. The fraction of sp³-hybridized carbons (Fsp3) is 0.800. The summed E-state index contributed by atoms with van der Waals surface area (Å²) >= 11 is 0. The zero-order chi connectivity index (χ0) is 44.6. The monoisotopic (exact) mass is 849 g/mol. The number of ketones is 2. The van der Waals surface area contributed by atoms with Gasteiger partial charge in [0.1, 0.15) is 30.1 Å². The van der Waals surface area contributed by atoms with Crippen LogP contribution in [0.15, 0.2) is 23.3 Å². The third-order valence-corrected chi connectivity index (χ3v) is 13.4. The fourth-order valence-electron chi connectivity index (χ4n) is 9.69. The minimum Gasteiger partial charge on any atom is -0.458 e. The van der Waals surface area contributed by atoms with Crippen molar-refractivity contribution in [2.75, 3.05) is 27.9 Å². The molecule has 340 valence electrons. The van der Waals surface area contributed by atoms with Crippen molar-refractivity contribution in [3.8, 4) is 0 Å². The van der Waals surface area contributed by atoms with E-state index in [0.717, 1.165) is 4.90 Å². The van der Waals surface area contributed by atoms with Crippen LogP contribution in [0.2, 0.25) is 0 Å². The summed E-state index contributed by atoms with van der Waals surface area (Å²) in [6.45, 7) is 11.9. The van der Waals surface area contributed by atoms with Crippen LogP contribution in [0.3, 0.4) is 0 Å². The van der Waals surface area contributed by atoms with Crippen molar-refractivity contribution in [2.24, 2.45) is 29.6 Å². The van der Waals surface area contributed by atoms with Crippen molar-refractivity contribution in [1.29, 1.82) is 0 Å². The Balaban J connectivity index is 1.83. The first-order chi connectivity index (χ1) is 28.3. The van der Waals surface area contributed by atoms with Gasteiger partial charge < -0.3 is 48.6 Å². The highest BCUT2D eigenvalue weighted by Crippen LogP contribution is 2.39. The van der Waals surface area contributed by atoms with Gasteiger partial charge in [-0.15, -0.1) is 0 Å². The highest BCUT2D eigenvalue weighted by atomic mass is 16.7. The standard InChI is InChI=1S/C45H71NO14/c1-11-31-19-25(3)39(58-29(7)47)26(4)20-37(56-9)41-38(57-10)21-27(5)45(54,60-41)42(51)43(52)46-17-13-12-14-32(46)44(53)59-40(28(6)34(49)23-35(31)50)24(2)18-30-15-16-33(48)36(22-30)55-8/h18-19,26-28,30-34,36-41,48-49,54H,11-17,20-23H2,1-10H3. The predicted molar refractivity (Wildman–Crippen MR) is 219 cm³/mol. The molecule has 3 N–H and O–H groups in total. The van der Waals surface area contributed by atoms with Crippen molar-refractivity contribution in [3.63, 3.8) is 0 Å². The van der Waals surface area contributed by atoms with Crippen molar-refractivity contribution in [3.05, 3.63) is 23.3 Å². The highest BCUT2D eigenvalue weighted by Gasteiger charge is 2.57. The zero-order valence-corrected chi connectivity index (χ0v) is 37.3. The van der Waals surface area contributed by atoms with Gasteiger partial charge in [0.2, 0.25) is 5.79 Å². The van der Waals surface area contributed by atoms with Gasteiger partial charge in [-0.05, 0) is 94.6 Å². The Morgan fingerprint density at radius 1 is 0.917 bits per heavy atom. The Bertz CT molecular complexity index is 1580. The molecule has 3 fully saturated rings. The summed E-state index contributed by atoms with van der Waals surface area (Å²) in [6.07, 6.45) is 0.491. The lowest BCUT2D eigenvalue weighted by molar-refractivity contribution is -0.303. The second-order valence-corrected chi connectivity index (χ2v) is 17.8. The number of hydrogen-bond acceptors (Lipinski definition) is 14. The van der Waals surface area contributed by atoms with E-state index in [1.54, 1.807) is 40.9 Å². The number of carbonyl (C=O) groups is 5. The Morgan fingerprint density at radius 3 is 2.18 bits per heavy atom. The topological polar surface area (TPSA) is 205 Å². The van der Waals surface area contributed by atoms with Crippen LogP contribution in [0.5, 0.6) is 0 Å². The fourth-order valence-corrected chi connectivity index (χ4v) is 9.69. The number of nitrogens with zero attached hydrogens (tertiary/aromatic N) is 1. The second kappa shape index (κ2) is 21.8. The lowest BCUT2D eigenvalue weighted by atomic mass is 9.81. The molecule has 60 heavy (non-hydrogen) atoms. The van der Waals surface area contributed by atoms with Gasteiger partial charge in [0.05, 0.1) is 30.5 Å². The number of cyclic esters (lactones) is 1. The Labute approximate surface area is 355 Å².